The standard InChI is InChI=1S/C15H14F4N2O2S/c1-8(9-4-6-10(7-5-9)24(3,22)23)21(2)13-11(16)14(18)20-15(19)12(13)17/h4-8H,1-3H3. The zero-order valence-electron chi connectivity index (χ0n) is 13.0. The summed E-state index contributed by atoms with van der Waals surface area (Å²) in [6, 6.07) is 4.91. The Morgan fingerprint density at radius 1 is 1.00 bits per heavy atom. The number of pyridine rings is 1. The van der Waals surface area contributed by atoms with Gasteiger partial charge in [0.1, 0.15) is 5.69 Å². The van der Waals surface area contributed by atoms with Crippen molar-refractivity contribution in [2.75, 3.05) is 18.2 Å². The van der Waals surface area contributed by atoms with Gasteiger partial charge in [-0.05, 0) is 24.6 Å². The molecule has 9 heteroatoms. The molecule has 1 aromatic carbocycles. The predicted octanol–water partition coefficient (Wildman–Crippen LogP) is 3.24. The Balaban J connectivity index is 2.42. The summed E-state index contributed by atoms with van der Waals surface area (Å²) in [7, 11) is -2.12. The molecule has 0 spiro atoms. The van der Waals surface area contributed by atoms with Crippen LogP contribution >= 0.6 is 0 Å². The Morgan fingerprint density at radius 2 is 1.46 bits per heavy atom. The Hall–Kier alpha value is -2.16. The third-order valence-electron chi connectivity index (χ3n) is 3.70. The van der Waals surface area contributed by atoms with E-state index in [0.717, 1.165) is 11.2 Å². The molecule has 1 aromatic heterocycles. The number of nitrogens with zero attached hydrogens (tertiary/aromatic N) is 2. The van der Waals surface area contributed by atoms with Gasteiger partial charge in [0.25, 0.3) is 11.9 Å². The first kappa shape index (κ1) is 18.2. The van der Waals surface area contributed by atoms with Crippen molar-refractivity contribution < 1.29 is 26.0 Å². The van der Waals surface area contributed by atoms with Crippen molar-refractivity contribution in [1.82, 2.24) is 4.98 Å². The van der Waals surface area contributed by atoms with Gasteiger partial charge in [-0.3, -0.25) is 0 Å². The van der Waals surface area contributed by atoms with Gasteiger partial charge in [0.05, 0.1) is 10.9 Å². The lowest BCUT2D eigenvalue weighted by molar-refractivity contribution is 0.405. The highest BCUT2D eigenvalue weighted by molar-refractivity contribution is 7.90. The summed E-state index contributed by atoms with van der Waals surface area (Å²) < 4.78 is 77.0. The molecule has 0 fully saturated rings. The number of halogens is 4. The summed E-state index contributed by atoms with van der Waals surface area (Å²) in [6.07, 6.45) is 1.05. The van der Waals surface area contributed by atoms with E-state index in [1.54, 1.807) is 6.92 Å². The molecule has 0 amide bonds. The zero-order chi connectivity index (χ0) is 18.2. The third kappa shape index (κ3) is 3.35. The van der Waals surface area contributed by atoms with E-state index in [-0.39, 0.29) is 4.90 Å². The van der Waals surface area contributed by atoms with E-state index in [4.69, 9.17) is 0 Å². The van der Waals surface area contributed by atoms with E-state index >= 15 is 0 Å². The lowest BCUT2D eigenvalue weighted by atomic mass is 10.1. The van der Waals surface area contributed by atoms with Crippen molar-refractivity contribution >= 4 is 15.5 Å². The summed E-state index contributed by atoms with van der Waals surface area (Å²) in [6.45, 7) is 1.55. The van der Waals surface area contributed by atoms with Crippen molar-refractivity contribution in [2.45, 2.75) is 17.9 Å². The van der Waals surface area contributed by atoms with Crippen molar-refractivity contribution in [2.24, 2.45) is 0 Å². The van der Waals surface area contributed by atoms with Crippen LogP contribution in [-0.4, -0.2) is 26.7 Å². The van der Waals surface area contributed by atoms with Gasteiger partial charge in [0.15, 0.2) is 9.84 Å². The Morgan fingerprint density at radius 3 is 1.88 bits per heavy atom. The van der Waals surface area contributed by atoms with Gasteiger partial charge < -0.3 is 4.90 Å². The fraction of sp³-hybridized carbons (Fsp3) is 0.267. The molecular formula is C15H14F4N2O2S. The number of hydrogen-bond acceptors (Lipinski definition) is 4. The van der Waals surface area contributed by atoms with Crippen LogP contribution in [0.1, 0.15) is 18.5 Å². The first-order valence-corrected chi connectivity index (χ1v) is 8.66. The molecule has 0 aliphatic rings. The predicted molar refractivity (Wildman–Crippen MR) is 80.4 cm³/mol. The average Bonchev–Trinajstić information content (AvgIpc) is 2.51. The summed E-state index contributed by atoms with van der Waals surface area (Å²) in [4.78, 5) is 3.60. The van der Waals surface area contributed by atoms with Gasteiger partial charge in [-0.25, -0.2) is 8.42 Å². The van der Waals surface area contributed by atoms with Crippen LogP contribution in [0.25, 0.3) is 0 Å². The van der Waals surface area contributed by atoms with Crippen molar-refractivity contribution in [3.8, 4) is 0 Å². The van der Waals surface area contributed by atoms with Gasteiger partial charge in [-0.15, -0.1) is 0 Å². The highest BCUT2D eigenvalue weighted by atomic mass is 32.2. The lowest BCUT2D eigenvalue weighted by Crippen LogP contribution is -2.25. The largest absolute Gasteiger partial charge is 0.363 e. The quantitative estimate of drug-likeness (QED) is 0.619. The van der Waals surface area contributed by atoms with Gasteiger partial charge in [0, 0.05) is 13.3 Å². The van der Waals surface area contributed by atoms with E-state index in [2.05, 4.69) is 4.98 Å². The molecule has 24 heavy (non-hydrogen) atoms. The van der Waals surface area contributed by atoms with E-state index < -0.39 is 45.1 Å². The van der Waals surface area contributed by atoms with Gasteiger partial charge in [-0.2, -0.15) is 22.5 Å². The Bertz CT molecular complexity index is 844. The second-order valence-electron chi connectivity index (χ2n) is 5.30. The molecule has 0 aliphatic carbocycles. The first-order valence-electron chi connectivity index (χ1n) is 6.77. The second kappa shape index (κ2) is 6.39. The van der Waals surface area contributed by atoms with Gasteiger partial charge >= 0.3 is 0 Å². The molecule has 2 rings (SSSR count). The fourth-order valence-electron chi connectivity index (χ4n) is 2.20. The van der Waals surface area contributed by atoms with Crippen LogP contribution in [0.4, 0.5) is 23.2 Å². The highest BCUT2D eigenvalue weighted by Gasteiger charge is 2.26. The normalized spacial score (nSPS) is 13.0. The second-order valence-corrected chi connectivity index (χ2v) is 7.31. The minimum Gasteiger partial charge on any atom is -0.363 e. The molecule has 1 atom stereocenters. The number of hydrogen-bond donors (Lipinski definition) is 0. The Labute approximate surface area is 136 Å². The topological polar surface area (TPSA) is 50.3 Å². The molecule has 0 saturated carbocycles. The molecule has 0 N–H and O–H groups in total. The van der Waals surface area contributed by atoms with Crippen LogP contribution in [0.2, 0.25) is 0 Å². The van der Waals surface area contributed by atoms with E-state index in [9.17, 15) is 26.0 Å². The number of anilines is 1. The van der Waals surface area contributed by atoms with Crippen LogP contribution in [0.3, 0.4) is 0 Å². The number of benzene rings is 1. The third-order valence-corrected chi connectivity index (χ3v) is 4.83. The molecule has 0 saturated heterocycles. The molecule has 1 unspecified atom stereocenters. The molecule has 0 aliphatic heterocycles. The SMILES string of the molecule is CC(c1ccc(S(C)(=O)=O)cc1)N(C)c1c(F)c(F)nc(F)c1F. The number of sulfone groups is 1. The van der Waals surface area contributed by atoms with Gasteiger partial charge in [0.2, 0.25) is 11.6 Å². The lowest BCUT2D eigenvalue weighted by Gasteiger charge is -2.28. The molecule has 4 nitrogen and oxygen atoms in total. The number of aromatic nitrogens is 1. The van der Waals surface area contributed by atoms with Crippen LogP contribution in [0.5, 0.6) is 0 Å². The average molecular weight is 362 g/mol. The maximum Gasteiger partial charge on any atom is 0.253 e. The highest BCUT2D eigenvalue weighted by Crippen LogP contribution is 2.31. The zero-order valence-corrected chi connectivity index (χ0v) is 13.8. The summed E-state index contributed by atoms with van der Waals surface area (Å²) in [5.74, 6) is -6.68. The smallest absolute Gasteiger partial charge is 0.253 e. The van der Waals surface area contributed by atoms with Crippen LogP contribution in [0.15, 0.2) is 29.2 Å². The monoisotopic (exact) mass is 362 g/mol. The minimum atomic E-state index is -3.38. The van der Waals surface area contributed by atoms with E-state index in [0.29, 0.717) is 5.56 Å². The summed E-state index contributed by atoms with van der Waals surface area (Å²) in [5.41, 5.74) is -0.388. The molecular weight excluding hydrogens is 348 g/mol. The molecule has 1 heterocycles. The fourth-order valence-corrected chi connectivity index (χ4v) is 2.83. The Kier molecular flexibility index (Phi) is 4.84. The maximum absolute atomic E-state index is 13.8. The van der Waals surface area contributed by atoms with Crippen LogP contribution in [0, 0.1) is 23.5 Å². The number of rotatable bonds is 4. The van der Waals surface area contributed by atoms with Gasteiger partial charge in [-0.1, -0.05) is 12.1 Å². The molecule has 130 valence electrons. The maximum atomic E-state index is 13.8. The minimum absolute atomic E-state index is 0.0828. The van der Waals surface area contributed by atoms with Crippen molar-refractivity contribution in [3.05, 3.63) is 53.4 Å². The molecule has 2 aromatic rings. The van der Waals surface area contributed by atoms with E-state index in [1.165, 1.54) is 31.3 Å². The van der Waals surface area contributed by atoms with Crippen molar-refractivity contribution in [3.63, 3.8) is 0 Å². The van der Waals surface area contributed by atoms with Crippen LogP contribution in [-0.2, 0) is 9.84 Å². The molecule has 0 radical (unpaired) electrons. The van der Waals surface area contributed by atoms with Crippen molar-refractivity contribution in [1.29, 1.82) is 0 Å². The van der Waals surface area contributed by atoms with E-state index in [1.807, 2.05) is 0 Å². The summed E-state index contributed by atoms with van der Waals surface area (Å²) in [5, 5.41) is 0. The van der Waals surface area contributed by atoms with Crippen LogP contribution < -0.4 is 4.90 Å². The summed E-state index contributed by atoms with van der Waals surface area (Å²) >= 11 is 0. The first-order chi connectivity index (χ1) is 11.0. The molecule has 0 bridgehead atoms.